The van der Waals surface area contributed by atoms with E-state index in [1.807, 2.05) is 36.6 Å². The molecule has 0 saturated heterocycles. The lowest BCUT2D eigenvalue weighted by molar-refractivity contribution is 0.102. The van der Waals surface area contributed by atoms with Crippen molar-refractivity contribution in [1.29, 1.82) is 0 Å². The number of aromatic nitrogens is 2. The summed E-state index contributed by atoms with van der Waals surface area (Å²) >= 11 is 1.47. The lowest BCUT2D eigenvalue weighted by Gasteiger charge is -2.09. The number of nitrogens with one attached hydrogen (secondary N) is 3. The first kappa shape index (κ1) is 22.7. The van der Waals surface area contributed by atoms with Gasteiger partial charge < -0.3 is 10.3 Å². The molecule has 1 aromatic heterocycles. The summed E-state index contributed by atoms with van der Waals surface area (Å²) in [7, 11) is -3.67. The zero-order valence-corrected chi connectivity index (χ0v) is 18.4. The number of thioether (sulfide) groups is 1. The zero-order chi connectivity index (χ0) is 22.3. The maximum absolute atomic E-state index is 12.5. The smallest absolute Gasteiger partial charge is 0.274 e. The molecule has 2 aromatic carbocycles. The van der Waals surface area contributed by atoms with Gasteiger partial charge in [0.15, 0.2) is 0 Å². The third-order valence-corrected chi connectivity index (χ3v) is 6.31. The van der Waals surface area contributed by atoms with Gasteiger partial charge in [-0.3, -0.25) is 9.59 Å². The van der Waals surface area contributed by atoms with Crippen molar-refractivity contribution in [3.8, 4) is 0 Å². The Balaban J connectivity index is 1.63. The van der Waals surface area contributed by atoms with E-state index >= 15 is 0 Å². The molecule has 8 nitrogen and oxygen atoms in total. The number of hydrogen-bond acceptors (Lipinski definition) is 6. The SMILES string of the molecule is CSCc1nc(C(=O)Nc2ccc(S(=O)(=O)NCCc3ccccc3)cc2)cc(=O)[nH]1. The topological polar surface area (TPSA) is 121 Å². The molecule has 0 aliphatic rings. The van der Waals surface area contributed by atoms with Crippen molar-refractivity contribution in [2.45, 2.75) is 17.1 Å². The number of carbonyl (C=O) groups is 1. The number of aromatic amines is 1. The molecule has 10 heteroatoms. The monoisotopic (exact) mass is 458 g/mol. The Morgan fingerprint density at radius 1 is 1.10 bits per heavy atom. The van der Waals surface area contributed by atoms with E-state index in [2.05, 4.69) is 20.0 Å². The van der Waals surface area contributed by atoms with Crippen molar-refractivity contribution in [2.24, 2.45) is 0 Å². The molecule has 162 valence electrons. The summed E-state index contributed by atoms with van der Waals surface area (Å²) in [4.78, 5) is 30.9. The number of carbonyl (C=O) groups excluding carboxylic acids is 1. The van der Waals surface area contributed by atoms with Crippen molar-refractivity contribution in [1.82, 2.24) is 14.7 Å². The summed E-state index contributed by atoms with van der Waals surface area (Å²) in [6.07, 6.45) is 2.44. The van der Waals surface area contributed by atoms with E-state index in [1.165, 1.54) is 36.0 Å². The van der Waals surface area contributed by atoms with Crippen LogP contribution >= 0.6 is 11.8 Å². The zero-order valence-electron chi connectivity index (χ0n) is 16.8. The summed E-state index contributed by atoms with van der Waals surface area (Å²) in [6, 6.07) is 16.5. The molecule has 1 heterocycles. The molecule has 3 rings (SSSR count). The summed E-state index contributed by atoms with van der Waals surface area (Å²) in [5.74, 6) is 0.332. The Bertz CT molecular complexity index is 1190. The van der Waals surface area contributed by atoms with Crippen molar-refractivity contribution >= 4 is 33.4 Å². The first-order valence-corrected chi connectivity index (χ1v) is 12.3. The van der Waals surface area contributed by atoms with Gasteiger partial charge in [0.2, 0.25) is 10.0 Å². The first-order chi connectivity index (χ1) is 14.9. The van der Waals surface area contributed by atoms with Crippen molar-refractivity contribution < 1.29 is 13.2 Å². The third-order valence-electron chi connectivity index (χ3n) is 4.28. The first-order valence-electron chi connectivity index (χ1n) is 9.41. The highest BCUT2D eigenvalue weighted by molar-refractivity contribution is 7.97. The molecule has 0 spiro atoms. The number of hydrogen-bond donors (Lipinski definition) is 3. The predicted molar refractivity (Wildman–Crippen MR) is 122 cm³/mol. The summed E-state index contributed by atoms with van der Waals surface area (Å²) in [6.45, 7) is 0.275. The average Bonchev–Trinajstić information content (AvgIpc) is 2.74. The molecule has 0 aliphatic heterocycles. The van der Waals surface area contributed by atoms with Crippen LogP contribution in [-0.2, 0) is 22.2 Å². The van der Waals surface area contributed by atoms with Gasteiger partial charge in [0.1, 0.15) is 11.5 Å². The van der Waals surface area contributed by atoms with Crippen LogP contribution in [0.1, 0.15) is 21.9 Å². The second-order valence-electron chi connectivity index (χ2n) is 6.62. The van der Waals surface area contributed by atoms with E-state index in [4.69, 9.17) is 0 Å². The van der Waals surface area contributed by atoms with Crippen LogP contribution in [0.15, 0.2) is 70.4 Å². The molecule has 0 saturated carbocycles. The Labute approximate surface area is 184 Å². The number of rotatable bonds is 9. The minimum atomic E-state index is -3.67. The molecule has 0 radical (unpaired) electrons. The van der Waals surface area contributed by atoms with Crippen LogP contribution in [0.25, 0.3) is 0 Å². The van der Waals surface area contributed by atoms with Crippen LogP contribution in [0.2, 0.25) is 0 Å². The molecular weight excluding hydrogens is 436 g/mol. The van der Waals surface area contributed by atoms with Gasteiger partial charge >= 0.3 is 0 Å². The van der Waals surface area contributed by atoms with Crippen molar-refractivity contribution in [2.75, 3.05) is 18.1 Å². The predicted octanol–water partition coefficient (Wildman–Crippen LogP) is 2.41. The van der Waals surface area contributed by atoms with Crippen LogP contribution in [0.5, 0.6) is 0 Å². The lowest BCUT2D eigenvalue weighted by Crippen LogP contribution is -2.26. The van der Waals surface area contributed by atoms with Gasteiger partial charge in [-0.25, -0.2) is 18.1 Å². The summed E-state index contributed by atoms with van der Waals surface area (Å²) in [5, 5.41) is 2.62. The van der Waals surface area contributed by atoms with E-state index in [1.54, 1.807) is 0 Å². The van der Waals surface area contributed by atoms with Gasteiger partial charge in [0.05, 0.1) is 10.6 Å². The maximum atomic E-state index is 12.5. The van der Waals surface area contributed by atoms with Gasteiger partial charge in [-0.05, 0) is 42.5 Å². The van der Waals surface area contributed by atoms with Crippen molar-refractivity contribution in [3.63, 3.8) is 0 Å². The van der Waals surface area contributed by atoms with Gasteiger partial charge in [0, 0.05) is 18.3 Å². The lowest BCUT2D eigenvalue weighted by atomic mass is 10.2. The molecule has 0 aliphatic carbocycles. The van der Waals surface area contributed by atoms with E-state index in [0.717, 1.165) is 11.6 Å². The number of benzene rings is 2. The molecule has 0 fully saturated rings. The second kappa shape index (κ2) is 10.4. The standard InChI is InChI=1S/C21H22N4O4S2/c1-30-14-19-24-18(13-20(26)25-19)21(27)23-16-7-9-17(10-8-16)31(28,29)22-12-11-15-5-3-2-4-6-15/h2-10,13,22H,11-12,14H2,1H3,(H,23,27)(H,24,25,26). The molecule has 3 aromatic rings. The Morgan fingerprint density at radius 3 is 2.48 bits per heavy atom. The number of amides is 1. The third kappa shape index (κ3) is 6.51. The van der Waals surface area contributed by atoms with Crippen LogP contribution in [0.4, 0.5) is 5.69 Å². The Hall–Kier alpha value is -2.95. The molecule has 0 unspecified atom stereocenters. The maximum Gasteiger partial charge on any atom is 0.274 e. The highest BCUT2D eigenvalue weighted by atomic mass is 32.2. The van der Waals surface area contributed by atoms with Crippen LogP contribution < -0.4 is 15.6 Å². The fourth-order valence-electron chi connectivity index (χ4n) is 2.80. The normalized spacial score (nSPS) is 11.3. The summed E-state index contributed by atoms with van der Waals surface area (Å²) in [5.41, 5.74) is 1.01. The number of anilines is 1. The average molecular weight is 459 g/mol. The number of H-pyrrole nitrogens is 1. The highest BCUT2D eigenvalue weighted by Crippen LogP contribution is 2.15. The summed E-state index contributed by atoms with van der Waals surface area (Å²) < 4.78 is 27.5. The van der Waals surface area contributed by atoms with E-state index in [0.29, 0.717) is 23.7 Å². The highest BCUT2D eigenvalue weighted by Gasteiger charge is 2.15. The molecule has 3 N–H and O–H groups in total. The fraction of sp³-hybridized carbons (Fsp3) is 0.190. The quantitative estimate of drug-likeness (QED) is 0.453. The fourth-order valence-corrected chi connectivity index (χ4v) is 4.24. The van der Waals surface area contributed by atoms with E-state index in [-0.39, 0.29) is 17.1 Å². The van der Waals surface area contributed by atoms with E-state index in [9.17, 15) is 18.0 Å². The van der Waals surface area contributed by atoms with Gasteiger partial charge in [-0.1, -0.05) is 30.3 Å². The number of sulfonamides is 1. The second-order valence-corrected chi connectivity index (χ2v) is 9.26. The molecule has 0 atom stereocenters. The van der Waals surface area contributed by atoms with Crippen LogP contribution in [-0.4, -0.2) is 37.1 Å². The molecule has 1 amide bonds. The minimum absolute atomic E-state index is 0.00734. The minimum Gasteiger partial charge on any atom is -0.321 e. The van der Waals surface area contributed by atoms with Crippen LogP contribution in [0.3, 0.4) is 0 Å². The Morgan fingerprint density at radius 2 is 1.81 bits per heavy atom. The van der Waals surface area contributed by atoms with Gasteiger partial charge in [0.25, 0.3) is 11.5 Å². The van der Waals surface area contributed by atoms with Crippen molar-refractivity contribution in [3.05, 3.63) is 88.1 Å². The van der Waals surface area contributed by atoms with E-state index < -0.39 is 21.5 Å². The van der Waals surface area contributed by atoms with Gasteiger partial charge in [-0.2, -0.15) is 11.8 Å². The number of nitrogens with zero attached hydrogens (tertiary/aromatic N) is 1. The molecule has 0 bridgehead atoms. The molecule has 31 heavy (non-hydrogen) atoms. The van der Waals surface area contributed by atoms with Gasteiger partial charge in [-0.15, -0.1) is 0 Å². The van der Waals surface area contributed by atoms with Crippen LogP contribution in [0, 0.1) is 0 Å². The molecular formula is C21H22N4O4S2. The largest absolute Gasteiger partial charge is 0.321 e. The Kier molecular flexibility index (Phi) is 7.61.